The fraction of sp³-hybridized carbons (Fsp3) is 0.353. The largest absolute Gasteiger partial charge is 0.488 e. The van der Waals surface area contributed by atoms with Crippen LogP contribution in [-0.4, -0.2) is 37.4 Å². The van der Waals surface area contributed by atoms with E-state index in [1.54, 1.807) is 6.07 Å². The highest BCUT2D eigenvalue weighted by atomic mass is 19.1. The van der Waals surface area contributed by atoms with Gasteiger partial charge in [0.2, 0.25) is 0 Å². The van der Waals surface area contributed by atoms with Gasteiger partial charge in [-0.15, -0.1) is 0 Å². The van der Waals surface area contributed by atoms with Gasteiger partial charge in [0.25, 0.3) is 5.91 Å². The van der Waals surface area contributed by atoms with Crippen molar-refractivity contribution in [3.05, 3.63) is 47.0 Å². The van der Waals surface area contributed by atoms with Crippen LogP contribution in [0.3, 0.4) is 0 Å². The number of anilines is 1. The average molecular weight is 319 g/mol. The van der Waals surface area contributed by atoms with Crippen LogP contribution >= 0.6 is 0 Å². The molecule has 0 fully saturated rings. The summed E-state index contributed by atoms with van der Waals surface area (Å²) in [4.78, 5) is 12.1. The summed E-state index contributed by atoms with van der Waals surface area (Å²) in [5, 5.41) is 11.3. The van der Waals surface area contributed by atoms with Crippen molar-refractivity contribution in [2.45, 2.75) is 12.8 Å². The van der Waals surface area contributed by atoms with E-state index in [1.807, 2.05) is 6.08 Å². The number of hydrogen-bond acceptors (Lipinski definition) is 4. The van der Waals surface area contributed by atoms with Gasteiger partial charge in [0.1, 0.15) is 18.2 Å². The number of aliphatic hydroxyl groups excluding tert-OH is 1. The summed E-state index contributed by atoms with van der Waals surface area (Å²) >= 11 is 0. The Morgan fingerprint density at radius 2 is 2.22 bits per heavy atom. The monoisotopic (exact) mass is 319 g/mol. The van der Waals surface area contributed by atoms with E-state index < -0.39 is 0 Å². The molecule has 0 saturated carbocycles. The summed E-state index contributed by atoms with van der Waals surface area (Å²) in [6.45, 7) is 1.39. The lowest BCUT2D eigenvalue weighted by Crippen LogP contribution is -2.05. The Balaban J connectivity index is 1.72. The Hall–Kier alpha value is -2.18. The normalized spacial score (nSPS) is 19.4. The number of fused-ring (bicyclic) bond motifs is 1. The minimum Gasteiger partial charge on any atom is -0.488 e. The fourth-order valence-electron chi connectivity index (χ4n) is 2.69. The summed E-state index contributed by atoms with van der Waals surface area (Å²) in [6.07, 6.45) is 3.51. The minimum absolute atomic E-state index is 0.0250. The predicted octanol–water partition coefficient (Wildman–Crippen LogP) is 2.23. The molecule has 23 heavy (non-hydrogen) atoms. The SMILES string of the molecule is O=C1Nc2cc(F)ccc2/C1=C1/C=C(CCCOCCO)CO1. The average Bonchev–Trinajstić information content (AvgIpc) is 3.10. The molecular formula is C17H18FNO4. The summed E-state index contributed by atoms with van der Waals surface area (Å²) < 4.78 is 24.1. The molecule has 2 heterocycles. The smallest absolute Gasteiger partial charge is 0.260 e. The predicted molar refractivity (Wildman–Crippen MR) is 83.1 cm³/mol. The molecule has 0 radical (unpaired) electrons. The molecule has 0 bridgehead atoms. The second-order valence-electron chi connectivity index (χ2n) is 5.41. The molecule has 0 atom stereocenters. The van der Waals surface area contributed by atoms with Crippen LogP contribution in [0.1, 0.15) is 18.4 Å². The molecule has 2 aliphatic rings. The van der Waals surface area contributed by atoms with Crippen LogP contribution < -0.4 is 5.32 Å². The number of aliphatic hydroxyl groups is 1. The van der Waals surface area contributed by atoms with Gasteiger partial charge in [0.05, 0.1) is 24.5 Å². The molecule has 2 aliphatic heterocycles. The van der Waals surface area contributed by atoms with Crippen molar-refractivity contribution in [1.82, 2.24) is 0 Å². The number of halogens is 1. The number of benzene rings is 1. The van der Waals surface area contributed by atoms with E-state index in [2.05, 4.69) is 5.32 Å². The molecule has 1 aromatic carbocycles. The molecule has 0 spiro atoms. The van der Waals surface area contributed by atoms with Crippen molar-refractivity contribution < 1.29 is 23.8 Å². The lowest BCUT2D eigenvalue weighted by molar-refractivity contribution is -0.110. The van der Waals surface area contributed by atoms with Crippen molar-refractivity contribution in [2.75, 3.05) is 31.7 Å². The topological polar surface area (TPSA) is 67.8 Å². The maximum absolute atomic E-state index is 13.2. The van der Waals surface area contributed by atoms with Crippen molar-refractivity contribution in [1.29, 1.82) is 0 Å². The maximum atomic E-state index is 13.2. The molecule has 1 aromatic rings. The van der Waals surface area contributed by atoms with E-state index in [0.29, 0.717) is 42.4 Å². The maximum Gasteiger partial charge on any atom is 0.260 e. The molecule has 3 rings (SSSR count). The first-order chi connectivity index (χ1) is 11.2. The van der Waals surface area contributed by atoms with Crippen LogP contribution in [0.25, 0.3) is 5.57 Å². The van der Waals surface area contributed by atoms with Crippen molar-refractivity contribution in [3.8, 4) is 0 Å². The lowest BCUT2D eigenvalue weighted by Gasteiger charge is -2.03. The van der Waals surface area contributed by atoms with Gasteiger partial charge in [-0.25, -0.2) is 4.39 Å². The Labute approximate surface area is 133 Å². The third kappa shape index (κ3) is 3.43. The summed E-state index contributed by atoms with van der Waals surface area (Å²) in [5.41, 5.74) is 2.67. The van der Waals surface area contributed by atoms with Crippen molar-refractivity contribution in [2.24, 2.45) is 0 Å². The van der Waals surface area contributed by atoms with E-state index in [-0.39, 0.29) is 18.3 Å². The summed E-state index contributed by atoms with van der Waals surface area (Å²) in [7, 11) is 0. The van der Waals surface area contributed by atoms with Gasteiger partial charge in [0, 0.05) is 12.2 Å². The number of hydrogen-bond donors (Lipinski definition) is 2. The van der Waals surface area contributed by atoms with Crippen molar-refractivity contribution in [3.63, 3.8) is 0 Å². The Morgan fingerprint density at radius 1 is 1.35 bits per heavy atom. The van der Waals surface area contributed by atoms with Gasteiger partial charge in [-0.2, -0.15) is 0 Å². The van der Waals surface area contributed by atoms with Crippen LogP contribution in [0.2, 0.25) is 0 Å². The van der Waals surface area contributed by atoms with E-state index >= 15 is 0 Å². The van der Waals surface area contributed by atoms with Crippen LogP contribution in [0.5, 0.6) is 0 Å². The quantitative estimate of drug-likeness (QED) is 0.623. The lowest BCUT2D eigenvalue weighted by atomic mass is 10.0. The highest BCUT2D eigenvalue weighted by molar-refractivity contribution is 6.32. The number of ether oxygens (including phenoxy) is 2. The minimum atomic E-state index is -0.387. The van der Waals surface area contributed by atoms with E-state index in [9.17, 15) is 9.18 Å². The molecule has 6 heteroatoms. The highest BCUT2D eigenvalue weighted by Gasteiger charge is 2.29. The van der Waals surface area contributed by atoms with E-state index in [4.69, 9.17) is 14.6 Å². The molecule has 0 saturated heterocycles. The van der Waals surface area contributed by atoms with Crippen LogP contribution in [0.4, 0.5) is 10.1 Å². The zero-order chi connectivity index (χ0) is 16.2. The van der Waals surface area contributed by atoms with Gasteiger partial charge >= 0.3 is 0 Å². The van der Waals surface area contributed by atoms with Crippen molar-refractivity contribution >= 4 is 17.2 Å². The first-order valence-corrected chi connectivity index (χ1v) is 7.55. The van der Waals surface area contributed by atoms with Gasteiger partial charge in [-0.3, -0.25) is 4.79 Å². The van der Waals surface area contributed by atoms with Crippen LogP contribution in [-0.2, 0) is 14.3 Å². The molecular weight excluding hydrogens is 301 g/mol. The van der Waals surface area contributed by atoms with Gasteiger partial charge < -0.3 is 19.9 Å². The molecule has 122 valence electrons. The second-order valence-corrected chi connectivity index (χ2v) is 5.41. The standard InChI is InChI=1S/C17H18FNO4/c18-12-3-4-13-14(9-12)19-17(21)16(13)15-8-11(10-23-15)2-1-6-22-7-5-20/h3-4,8-9,20H,1-2,5-7,10H2,(H,19,21)/b16-15+. The Morgan fingerprint density at radius 3 is 3.04 bits per heavy atom. The fourth-order valence-corrected chi connectivity index (χ4v) is 2.69. The Bertz CT molecular complexity index is 681. The number of amides is 1. The first kappa shape index (κ1) is 15.7. The van der Waals surface area contributed by atoms with E-state index in [0.717, 1.165) is 18.4 Å². The number of carbonyl (C=O) groups is 1. The van der Waals surface area contributed by atoms with E-state index in [1.165, 1.54) is 12.1 Å². The zero-order valence-electron chi connectivity index (χ0n) is 12.6. The van der Waals surface area contributed by atoms with Gasteiger partial charge in [0.15, 0.2) is 0 Å². The molecule has 1 amide bonds. The zero-order valence-corrected chi connectivity index (χ0v) is 12.6. The molecule has 0 unspecified atom stereocenters. The molecule has 0 aromatic heterocycles. The molecule has 0 aliphatic carbocycles. The van der Waals surface area contributed by atoms with Crippen LogP contribution in [0, 0.1) is 5.82 Å². The Kier molecular flexibility index (Phi) is 4.73. The third-order valence-electron chi connectivity index (χ3n) is 3.74. The summed E-state index contributed by atoms with van der Waals surface area (Å²) in [6, 6.07) is 4.22. The van der Waals surface area contributed by atoms with Crippen LogP contribution in [0.15, 0.2) is 35.6 Å². The highest BCUT2D eigenvalue weighted by Crippen LogP contribution is 2.37. The van der Waals surface area contributed by atoms with Gasteiger partial charge in [-0.05, 0) is 42.7 Å². The first-order valence-electron chi connectivity index (χ1n) is 7.55. The number of carbonyl (C=O) groups excluding carboxylic acids is 1. The number of rotatable bonds is 6. The number of allylic oxidation sites excluding steroid dienone is 1. The number of nitrogens with one attached hydrogen (secondary N) is 1. The summed E-state index contributed by atoms with van der Waals surface area (Å²) in [5.74, 6) is -0.134. The van der Waals surface area contributed by atoms with Gasteiger partial charge in [-0.1, -0.05) is 0 Å². The third-order valence-corrected chi connectivity index (χ3v) is 3.74. The molecule has 2 N–H and O–H groups in total. The molecule has 5 nitrogen and oxygen atoms in total. The second kappa shape index (κ2) is 6.93.